The molecule has 3 rings (SSSR count). The van der Waals surface area contributed by atoms with Gasteiger partial charge in [0.2, 0.25) is 11.0 Å². The zero-order valence-electron chi connectivity index (χ0n) is 13.6. The molecule has 2 aromatic heterocycles. The number of carbonyl (C=O) groups is 1. The number of benzene rings is 1. The second-order valence-corrected chi connectivity index (χ2v) is 7.55. The van der Waals surface area contributed by atoms with Crippen LogP contribution in [0.25, 0.3) is 10.9 Å². The first kappa shape index (κ1) is 16.9. The number of fused-ring (bicyclic) bond motifs is 1. The van der Waals surface area contributed by atoms with E-state index in [1.54, 1.807) is 0 Å². The van der Waals surface area contributed by atoms with Crippen LogP contribution in [0.2, 0.25) is 5.02 Å². The van der Waals surface area contributed by atoms with Gasteiger partial charge in [-0.15, -0.1) is 10.2 Å². The van der Waals surface area contributed by atoms with Gasteiger partial charge >= 0.3 is 0 Å². The molecule has 2 heterocycles. The zero-order valence-corrected chi connectivity index (χ0v) is 15.2. The number of anilines is 1. The molecule has 24 heavy (non-hydrogen) atoms. The summed E-state index contributed by atoms with van der Waals surface area (Å²) in [5, 5.41) is 14.2. The molecule has 0 aliphatic rings. The van der Waals surface area contributed by atoms with Crippen molar-refractivity contribution in [2.45, 2.75) is 33.2 Å². The van der Waals surface area contributed by atoms with Crippen LogP contribution < -0.4 is 5.32 Å². The number of rotatable bonds is 6. The molecule has 7 heteroatoms. The Balaban J connectivity index is 1.59. The lowest BCUT2D eigenvalue weighted by Gasteiger charge is -2.05. The maximum Gasteiger partial charge on any atom is 0.227 e. The molecule has 1 N–H and O–H groups in total. The summed E-state index contributed by atoms with van der Waals surface area (Å²) < 4.78 is 2.03. The van der Waals surface area contributed by atoms with E-state index in [0.717, 1.165) is 27.4 Å². The highest BCUT2D eigenvalue weighted by atomic mass is 35.5. The second kappa shape index (κ2) is 7.32. The predicted molar refractivity (Wildman–Crippen MR) is 98.6 cm³/mol. The maximum absolute atomic E-state index is 12.1. The average molecular weight is 363 g/mol. The number of hydrogen-bond donors (Lipinski definition) is 1. The van der Waals surface area contributed by atoms with Crippen molar-refractivity contribution in [3.05, 3.63) is 40.5 Å². The summed E-state index contributed by atoms with van der Waals surface area (Å²) in [6.45, 7) is 4.86. The fourth-order valence-corrected chi connectivity index (χ4v) is 3.72. The second-order valence-electron chi connectivity index (χ2n) is 6.08. The van der Waals surface area contributed by atoms with Gasteiger partial charge < -0.3 is 9.88 Å². The Kier molecular flexibility index (Phi) is 5.16. The van der Waals surface area contributed by atoms with Gasteiger partial charge in [0.15, 0.2) is 0 Å². The molecule has 0 saturated heterocycles. The maximum atomic E-state index is 12.1. The Hall–Kier alpha value is -1.92. The van der Waals surface area contributed by atoms with Gasteiger partial charge in [-0.3, -0.25) is 4.79 Å². The Morgan fingerprint density at radius 1 is 1.33 bits per heavy atom. The molecule has 0 unspecified atom stereocenters. The highest BCUT2D eigenvalue weighted by Crippen LogP contribution is 2.24. The molecule has 1 aromatic carbocycles. The number of hydrogen-bond acceptors (Lipinski definition) is 4. The summed E-state index contributed by atoms with van der Waals surface area (Å²) in [4.78, 5) is 12.1. The molecule has 126 valence electrons. The van der Waals surface area contributed by atoms with Crippen molar-refractivity contribution in [1.82, 2.24) is 14.8 Å². The van der Waals surface area contributed by atoms with Gasteiger partial charge in [0.25, 0.3) is 0 Å². The van der Waals surface area contributed by atoms with E-state index in [-0.39, 0.29) is 5.91 Å². The van der Waals surface area contributed by atoms with E-state index in [2.05, 4.69) is 29.4 Å². The molecule has 0 fully saturated rings. The van der Waals surface area contributed by atoms with Crippen molar-refractivity contribution in [2.24, 2.45) is 5.92 Å². The standard InChI is InChI=1S/C17H19ClN4OS/c1-11(2)10-16-20-21-17(24-16)19-15(23)7-9-22-8-6-12-13(18)4-3-5-14(12)22/h3-6,8,11H,7,9-10H2,1-2H3,(H,19,21,23). The van der Waals surface area contributed by atoms with Crippen LogP contribution in [0.15, 0.2) is 30.5 Å². The smallest absolute Gasteiger partial charge is 0.227 e. The van der Waals surface area contributed by atoms with Crippen LogP contribution in [-0.2, 0) is 17.8 Å². The van der Waals surface area contributed by atoms with Gasteiger partial charge in [0.1, 0.15) is 5.01 Å². The molecule has 5 nitrogen and oxygen atoms in total. The first-order valence-electron chi connectivity index (χ1n) is 7.88. The minimum Gasteiger partial charge on any atom is -0.347 e. The average Bonchev–Trinajstić information content (AvgIpc) is 3.12. The first-order chi connectivity index (χ1) is 11.5. The van der Waals surface area contributed by atoms with E-state index in [1.807, 2.05) is 35.0 Å². The summed E-state index contributed by atoms with van der Waals surface area (Å²) in [6.07, 6.45) is 3.20. The van der Waals surface area contributed by atoms with Crippen LogP contribution in [0, 0.1) is 5.92 Å². The van der Waals surface area contributed by atoms with Crippen LogP contribution in [0.5, 0.6) is 0 Å². The Morgan fingerprint density at radius 3 is 2.96 bits per heavy atom. The van der Waals surface area contributed by atoms with Crippen molar-refractivity contribution in [2.75, 3.05) is 5.32 Å². The number of amides is 1. The minimum atomic E-state index is -0.0638. The highest BCUT2D eigenvalue weighted by molar-refractivity contribution is 7.15. The van der Waals surface area contributed by atoms with E-state index in [9.17, 15) is 4.79 Å². The van der Waals surface area contributed by atoms with Gasteiger partial charge in [-0.25, -0.2) is 0 Å². The highest BCUT2D eigenvalue weighted by Gasteiger charge is 2.10. The van der Waals surface area contributed by atoms with Crippen LogP contribution in [-0.4, -0.2) is 20.7 Å². The lowest BCUT2D eigenvalue weighted by Crippen LogP contribution is -2.14. The summed E-state index contributed by atoms with van der Waals surface area (Å²) in [6, 6.07) is 7.75. The zero-order chi connectivity index (χ0) is 17.1. The number of aryl methyl sites for hydroxylation is 1. The molecular formula is C17H19ClN4OS. The monoisotopic (exact) mass is 362 g/mol. The summed E-state index contributed by atoms with van der Waals surface area (Å²) in [7, 11) is 0. The third-order valence-electron chi connectivity index (χ3n) is 3.64. The number of halogens is 1. The van der Waals surface area contributed by atoms with E-state index in [0.29, 0.717) is 24.0 Å². The molecule has 0 atom stereocenters. The largest absolute Gasteiger partial charge is 0.347 e. The fourth-order valence-electron chi connectivity index (χ4n) is 2.52. The molecular weight excluding hydrogens is 344 g/mol. The third-order valence-corrected chi connectivity index (χ3v) is 4.83. The van der Waals surface area contributed by atoms with E-state index < -0.39 is 0 Å². The topological polar surface area (TPSA) is 59.8 Å². The van der Waals surface area contributed by atoms with Crippen LogP contribution >= 0.6 is 22.9 Å². The van der Waals surface area contributed by atoms with Crippen molar-refractivity contribution in [3.63, 3.8) is 0 Å². The van der Waals surface area contributed by atoms with Crippen molar-refractivity contribution < 1.29 is 4.79 Å². The summed E-state index contributed by atoms with van der Waals surface area (Å²) >= 11 is 7.61. The van der Waals surface area contributed by atoms with Crippen molar-refractivity contribution in [1.29, 1.82) is 0 Å². The molecule has 3 aromatic rings. The van der Waals surface area contributed by atoms with E-state index >= 15 is 0 Å². The van der Waals surface area contributed by atoms with Gasteiger partial charge in [-0.05, 0) is 24.1 Å². The Bertz CT molecular complexity index is 855. The van der Waals surface area contributed by atoms with Gasteiger partial charge in [0, 0.05) is 41.5 Å². The van der Waals surface area contributed by atoms with Gasteiger partial charge in [-0.2, -0.15) is 0 Å². The van der Waals surface area contributed by atoms with E-state index in [1.165, 1.54) is 11.3 Å². The summed E-state index contributed by atoms with van der Waals surface area (Å²) in [5.74, 6) is 0.460. The van der Waals surface area contributed by atoms with Crippen molar-refractivity contribution in [3.8, 4) is 0 Å². The fraction of sp³-hybridized carbons (Fsp3) is 0.353. The number of nitrogens with zero attached hydrogens (tertiary/aromatic N) is 3. The summed E-state index contributed by atoms with van der Waals surface area (Å²) in [5.41, 5.74) is 1.03. The lowest BCUT2D eigenvalue weighted by molar-refractivity contribution is -0.116. The third kappa shape index (κ3) is 3.94. The molecule has 0 saturated carbocycles. The van der Waals surface area contributed by atoms with Crippen LogP contribution in [0.3, 0.4) is 0 Å². The van der Waals surface area contributed by atoms with Crippen LogP contribution in [0.4, 0.5) is 5.13 Å². The SMILES string of the molecule is CC(C)Cc1nnc(NC(=O)CCn2ccc3c(Cl)cccc32)s1. The molecule has 0 aliphatic heterocycles. The van der Waals surface area contributed by atoms with Gasteiger partial charge in [-0.1, -0.05) is 42.9 Å². The predicted octanol–water partition coefficient (Wildman–Crippen LogP) is 4.37. The van der Waals surface area contributed by atoms with Crippen LogP contribution in [0.1, 0.15) is 25.3 Å². The van der Waals surface area contributed by atoms with Gasteiger partial charge in [0.05, 0.1) is 0 Å². The van der Waals surface area contributed by atoms with E-state index in [4.69, 9.17) is 11.6 Å². The number of aromatic nitrogens is 3. The number of nitrogens with one attached hydrogen (secondary N) is 1. The quantitative estimate of drug-likeness (QED) is 0.708. The molecule has 0 spiro atoms. The first-order valence-corrected chi connectivity index (χ1v) is 9.08. The molecule has 0 bridgehead atoms. The molecule has 0 radical (unpaired) electrons. The molecule has 1 amide bonds. The minimum absolute atomic E-state index is 0.0638. The van der Waals surface area contributed by atoms with Crippen molar-refractivity contribution >= 4 is 44.9 Å². The lowest BCUT2D eigenvalue weighted by atomic mass is 10.1. The molecule has 0 aliphatic carbocycles. The normalized spacial score (nSPS) is 11.3. The Labute approximate surface area is 149 Å². The number of carbonyl (C=O) groups excluding carboxylic acids is 1. The Morgan fingerprint density at radius 2 is 2.17 bits per heavy atom.